The fourth-order valence-electron chi connectivity index (χ4n) is 2.60. The van der Waals surface area contributed by atoms with Gasteiger partial charge in [0.25, 0.3) is 0 Å². The van der Waals surface area contributed by atoms with E-state index < -0.39 is 6.23 Å². The number of aromatic nitrogens is 2. The number of fused-ring (bicyclic) bond motifs is 1. The standard InChI is InChI=1S/C18H15N3O2S2/c1-11-6-2-3-7-12(11)10-24-18-21-20-17(25-18)19-15-13-8-4-5-9-14(13)16(22)23-15/h2-9,15H,10H2,1H3,(H,19,20). The molecular weight excluding hydrogens is 354 g/mol. The molecule has 0 amide bonds. The van der Waals surface area contributed by atoms with E-state index in [4.69, 9.17) is 4.74 Å². The molecule has 5 nitrogen and oxygen atoms in total. The second kappa shape index (κ2) is 6.85. The van der Waals surface area contributed by atoms with Crippen molar-refractivity contribution in [2.45, 2.75) is 23.2 Å². The summed E-state index contributed by atoms with van der Waals surface area (Å²) in [4.78, 5) is 11.9. The van der Waals surface area contributed by atoms with Crippen LogP contribution in [0.3, 0.4) is 0 Å². The first-order valence-electron chi connectivity index (χ1n) is 7.78. The SMILES string of the molecule is Cc1ccccc1CSc1nnc(NC2OC(=O)c3ccccc32)s1. The number of carbonyl (C=O) groups excluding carboxylic acids is 1. The van der Waals surface area contributed by atoms with Crippen LogP contribution in [0.4, 0.5) is 5.13 Å². The lowest BCUT2D eigenvalue weighted by Gasteiger charge is -2.10. The quantitative estimate of drug-likeness (QED) is 0.530. The molecule has 7 heteroatoms. The topological polar surface area (TPSA) is 64.1 Å². The van der Waals surface area contributed by atoms with Gasteiger partial charge in [0.1, 0.15) is 0 Å². The molecule has 1 aliphatic rings. The number of nitrogens with zero attached hydrogens (tertiary/aromatic N) is 2. The Morgan fingerprint density at radius 3 is 2.84 bits per heavy atom. The van der Waals surface area contributed by atoms with Crippen molar-refractivity contribution in [2.75, 3.05) is 5.32 Å². The number of cyclic esters (lactones) is 1. The molecular formula is C18H15N3O2S2. The number of esters is 1. The van der Waals surface area contributed by atoms with Gasteiger partial charge in [-0.1, -0.05) is 65.6 Å². The predicted molar refractivity (Wildman–Crippen MR) is 98.9 cm³/mol. The van der Waals surface area contributed by atoms with Crippen molar-refractivity contribution in [1.82, 2.24) is 10.2 Å². The second-order valence-corrected chi connectivity index (χ2v) is 7.81. The van der Waals surface area contributed by atoms with Crippen LogP contribution in [0.2, 0.25) is 0 Å². The summed E-state index contributed by atoms with van der Waals surface area (Å²) in [6.07, 6.45) is -0.508. The second-order valence-electron chi connectivity index (χ2n) is 5.61. The van der Waals surface area contributed by atoms with Crippen LogP contribution in [0.5, 0.6) is 0 Å². The van der Waals surface area contributed by atoms with Crippen LogP contribution in [-0.2, 0) is 10.5 Å². The molecule has 4 rings (SSSR count). The molecule has 2 heterocycles. The molecule has 1 atom stereocenters. The summed E-state index contributed by atoms with van der Waals surface area (Å²) in [6, 6.07) is 15.7. The van der Waals surface area contributed by atoms with Crippen LogP contribution in [0.25, 0.3) is 0 Å². The van der Waals surface area contributed by atoms with Gasteiger partial charge < -0.3 is 10.1 Å². The van der Waals surface area contributed by atoms with Crippen molar-refractivity contribution >= 4 is 34.2 Å². The Hall–Kier alpha value is -2.38. The fraction of sp³-hybridized carbons (Fsp3) is 0.167. The van der Waals surface area contributed by atoms with Gasteiger partial charge in [-0.3, -0.25) is 0 Å². The van der Waals surface area contributed by atoms with E-state index in [2.05, 4.69) is 34.6 Å². The lowest BCUT2D eigenvalue weighted by molar-refractivity contribution is 0.0437. The lowest BCUT2D eigenvalue weighted by atomic mass is 10.1. The minimum Gasteiger partial charge on any atom is -0.434 e. The summed E-state index contributed by atoms with van der Waals surface area (Å²) in [5, 5.41) is 12.2. The number of ether oxygens (including phenoxy) is 1. The van der Waals surface area contributed by atoms with E-state index in [0.29, 0.717) is 10.7 Å². The van der Waals surface area contributed by atoms with E-state index in [1.807, 2.05) is 30.3 Å². The Bertz CT molecular complexity index is 926. The van der Waals surface area contributed by atoms with Crippen LogP contribution >= 0.6 is 23.1 Å². The van der Waals surface area contributed by atoms with Crippen LogP contribution in [0.1, 0.15) is 33.3 Å². The Labute approximate surface area is 153 Å². The monoisotopic (exact) mass is 369 g/mol. The van der Waals surface area contributed by atoms with Gasteiger partial charge in [0.2, 0.25) is 11.4 Å². The van der Waals surface area contributed by atoms with Gasteiger partial charge in [0, 0.05) is 11.3 Å². The minimum absolute atomic E-state index is 0.313. The third-order valence-corrected chi connectivity index (χ3v) is 6.00. The zero-order valence-corrected chi connectivity index (χ0v) is 15.1. The molecule has 1 unspecified atom stereocenters. The van der Waals surface area contributed by atoms with Crippen LogP contribution in [0, 0.1) is 6.92 Å². The van der Waals surface area contributed by atoms with E-state index >= 15 is 0 Å². The van der Waals surface area contributed by atoms with Crippen molar-refractivity contribution in [3.63, 3.8) is 0 Å². The van der Waals surface area contributed by atoms with Gasteiger partial charge in [-0.2, -0.15) is 0 Å². The number of rotatable bonds is 5. The molecule has 0 spiro atoms. The highest BCUT2D eigenvalue weighted by Crippen LogP contribution is 2.34. The first-order chi connectivity index (χ1) is 12.2. The predicted octanol–water partition coefficient (Wildman–Crippen LogP) is 4.42. The minimum atomic E-state index is -0.508. The summed E-state index contributed by atoms with van der Waals surface area (Å²) in [7, 11) is 0. The van der Waals surface area contributed by atoms with Gasteiger partial charge in [0.15, 0.2) is 4.34 Å². The maximum atomic E-state index is 11.9. The van der Waals surface area contributed by atoms with Crippen molar-refractivity contribution < 1.29 is 9.53 Å². The normalized spacial score (nSPS) is 15.7. The number of hydrogen-bond donors (Lipinski definition) is 1. The molecule has 1 N–H and O–H groups in total. The van der Waals surface area contributed by atoms with Gasteiger partial charge in [0.05, 0.1) is 5.56 Å². The molecule has 1 aromatic heterocycles. The number of hydrogen-bond acceptors (Lipinski definition) is 7. The van der Waals surface area contributed by atoms with Crippen molar-refractivity contribution in [1.29, 1.82) is 0 Å². The van der Waals surface area contributed by atoms with Gasteiger partial charge in [-0.15, -0.1) is 10.2 Å². The third-order valence-electron chi connectivity index (χ3n) is 3.96. The molecule has 1 aliphatic heterocycles. The molecule has 0 radical (unpaired) electrons. The highest BCUT2D eigenvalue weighted by molar-refractivity contribution is 8.00. The van der Waals surface area contributed by atoms with Gasteiger partial charge in [-0.25, -0.2) is 4.79 Å². The summed E-state index contributed by atoms with van der Waals surface area (Å²) in [5.74, 6) is 0.537. The Balaban J connectivity index is 1.42. The summed E-state index contributed by atoms with van der Waals surface area (Å²) in [6.45, 7) is 2.11. The average molecular weight is 369 g/mol. The summed E-state index contributed by atoms with van der Waals surface area (Å²) in [5.41, 5.74) is 3.98. The average Bonchev–Trinajstić information content (AvgIpc) is 3.20. The third kappa shape index (κ3) is 3.38. The smallest absolute Gasteiger partial charge is 0.340 e. The van der Waals surface area contributed by atoms with Crippen LogP contribution < -0.4 is 5.32 Å². The summed E-state index contributed by atoms with van der Waals surface area (Å²) < 4.78 is 6.25. The van der Waals surface area contributed by atoms with E-state index in [0.717, 1.165) is 15.7 Å². The van der Waals surface area contributed by atoms with E-state index in [-0.39, 0.29) is 5.97 Å². The van der Waals surface area contributed by atoms with Crippen LogP contribution in [-0.4, -0.2) is 16.2 Å². The lowest BCUT2D eigenvalue weighted by Crippen LogP contribution is -2.09. The number of anilines is 1. The molecule has 0 saturated heterocycles. The first kappa shape index (κ1) is 16.1. The van der Waals surface area contributed by atoms with E-state index in [1.165, 1.54) is 22.5 Å². The number of nitrogens with one attached hydrogen (secondary N) is 1. The molecule has 0 fully saturated rings. The number of carbonyl (C=O) groups is 1. The fourth-order valence-corrected chi connectivity index (χ4v) is 4.45. The van der Waals surface area contributed by atoms with Gasteiger partial charge in [-0.05, 0) is 24.1 Å². The zero-order chi connectivity index (χ0) is 17.2. The maximum Gasteiger partial charge on any atom is 0.340 e. The maximum absolute atomic E-state index is 11.9. The van der Waals surface area contributed by atoms with Gasteiger partial charge >= 0.3 is 5.97 Å². The molecule has 2 aromatic carbocycles. The molecule has 126 valence electrons. The molecule has 0 bridgehead atoms. The molecule has 3 aromatic rings. The summed E-state index contributed by atoms with van der Waals surface area (Å²) >= 11 is 3.11. The zero-order valence-electron chi connectivity index (χ0n) is 13.4. The van der Waals surface area contributed by atoms with Crippen LogP contribution in [0.15, 0.2) is 52.9 Å². The number of aryl methyl sites for hydroxylation is 1. The van der Waals surface area contributed by atoms with Crippen molar-refractivity contribution in [2.24, 2.45) is 0 Å². The first-order valence-corrected chi connectivity index (χ1v) is 9.58. The molecule has 0 saturated carbocycles. The highest BCUT2D eigenvalue weighted by atomic mass is 32.2. The van der Waals surface area contributed by atoms with Crippen molar-refractivity contribution in [3.8, 4) is 0 Å². The highest BCUT2D eigenvalue weighted by Gasteiger charge is 2.31. The van der Waals surface area contributed by atoms with E-state index in [9.17, 15) is 4.79 Å². The number of benzene rings is 2. The number of thioether (sulfide) groups is 1. The van der Waals surface area contributed by atoms with Crippen molar-refractivity contribution in [3.05, 3.63) is 70.8 Å². The molecule has 0 aliphatic carbocycles. The Morgan fingerprint density at radius 1 is 1.16 bits per heavy atom. The Morgan fingerprint density at radius 2 is 1.96 bits per heavy atom. The Kier molecular flexibility index (Phi) is 4.42. The molecule has 25 heavy (non-hydrogen) atoms. The van der Waals surface area contributed by atoms with E-state index in [1.54, 1.807) is 17.8 Å². The largest absolute Gasteiger partial charge is 0.434 e.